The molecule has 4 aromatic heterocycles. The van der Waals surface area contributed by atoms with E-state index in [0.717, 1.165) is 21.5 Å². The van der Waals surface area contributed by atoms with Crippen LogP contribution in [0.5, 0.6) is 0 Å². The van der Waals surface area contributed by atoms with Crippen LogP contribution in [-0.4, -0.2) is 40.5 Å². The number of nitrogens with one attached hydrogen (secondary N) is 1. The molecule has 0 atom stereocenters. The zero-order valence-electron chi connectivity index (χ0n) is 17.6. The van der Waals surface area contributed by atoms with Crippen molar-refractivity contribution in [1.82, 2.24) is 34.6 Å². The van der Waals surface area contributed by atoms with Gasteiger partial charge in [-0.15, -0.1) is 10.2 Å². The lowest BCUT2D eigenvalue weighted by Crippen LogP contribution is -2.29. The van der Waals surface area contributed by atoms with E-state index in [-0.39, 0.29) is 18.0 Å². The zero-order valence-corrected chi connectivity index (χ0v) is 17.6. The molecule has 0 fully saturated rings. The molecule has 5 rings (SSSR count). The van der Waals surface area contributed by atoms with E-state index >= 15 is 0 Å². The number of benzene rings is 1. The van der Waals surface area contributed by atoms with Gasteiger partial charge in [-0.2, -0.15) is 14.7 Å². The molecule has 1 N–H and O–H groups in total. The van der Waals surface area contributed by atoms with E-state index < -0.39 is 0 Å². The van der Waals surface area contributed by atoms with Gasteiger partial charge in [0.05, 0.1) is 11.4 Å². The van der Waals surface area contributed by atoms with Crippen molar-refractivity contribution in [2.45, 2.75) is 13.5 Å². The molecule has 10 heteroatoms. The van der Waals surface area contributed by atoms with Crippen molar-refractivity contribution >= 4 is 17.2 Å². The molecule has 5 aromatic rings. The highest BCUT2D eigenvalue weighted by Gasteiger charge is 2.11. The Morgan fingerprint density at radius 3 is 2.58 bits per heavy atom. The summed E-state index contributed by atoms with van der Waals surface area (Å²) in [7, 11) is 0. The van der Waals surface area contributed by atoms with Crippen molar-refractivity contribution in [2.75, 3.05) is 5.32 Å². The molecule has 0 spiro atoms. The lowest BCUT2D eigenvalue weighted by molar-refractivity contribution is -0.117. The number of nitrogens with zero attached hydrogens (tertiary/aromatic N) is 7. The van der Waals surface area contributed by atoms with E-state index in [9.17, 15) is 9.59 Å². The largest absolute Gasteiger partial charge is 0.324 e. The van der Waals surface area contributed by atoms with Gasteiger partial charge in [0.15, 0.2) is 11.5 Å². The SMILES string of the molecule is Cc1ccc(=O)n(CC(=O)Nc2ccc(-c3ccc4nnc(-c5cccnc5)n4n3)cc2)n1. The molecule has 0 aliphatic rings. The van der Waals surface area contributed by atoms with Gasteiger partial charge in [0.25, 0.3) is 5.56 Å². The molecule has 1 amide bonds. The van der Waals surface area contributed by atoms with Crippen LogP contribution in [0.3, 0.4) is 0 Å². The lowest BCUT2D eigenvalue weighted by atomic mass is 10.1. The van der Waals surface area contributed by atoms with Crippen LogP contribution in [0, 0.1) is 6.92 Å². The second-order valence-electron chi connectivity index (χ2n) is 7.35. The third-order valence-electron chi connectivity index (χ3n) is 4.94. The highest BCUT2D eigenvalue weighted by Crippen LogP contribution is 2.22. The van der Waals surface area contributed by atoms with Gasteiger partial charge in [0.1, 0.15) is 6.54 Å². The van der Waals surface area contributed by atoms with E-state index in [1.165, 1.54) is 6.07 Å². The molecule has 0 saturated carbocycles. The Labute approximate surface area is 187 Å². The van der Waals surface area contributed by atoms with E-state index in [2.05, 4.69) is 30.7 Å². The monoisotopic (exact) mass is 438 g/mol. The Kier molecular flexibility index (Phi) is 5.15. The number of carbonyl (C=O) groups is 1. The molecule has 0 bridgehead atoms. The first-order valence-electron chi connectivity index (χ1n) is 10.1. The summed E-state index contributed by atoms with van der Waals surface area (Å²) >= 11 is 0. The summed E-state index contributed by atoms with van der Waals surface area (Å²) < 4.78 is 2.81. The summed E-state index contributed by atoms with van der Waals surface area (Å²) in [5.74, 6) is 0.261. The highest BCUT2D eigenvalue weighted by atomic mass is 16.2. The predicted molar refractivity (Wildman–Crippen MR) is 121 cm³/mol. The number of rotatable bonds is 5. The van der Waals surface area contributed by atoms with Gasteiger partial charge in [0, 0.05) is 35.3 Å². The molecule has 0 unspecified atom stereocenters. The molecule has 0 aliphatic carbocycles. The topological polar surface area (TPSA) is 120 Å². The average molecular weight is 438 g/mol. The second-order valence-corrected chi connectivity index (χ2v) is 7.35. The fourth-order valence-corrected chi connectivity index (χ4v) is 3.34. The number of aromatic nitrogens is 7. The molecule has 0 saturated heterocycles. The molecule has 0 aliphatic heterocycles. The number of pyridine rings is 1. The van der Waals surface area contributed by atoms with Crippen LogP contribution in [0.15, 0.2) is 77.9 Å². The van der Waals surface area contributed by atoms with Crippen molar-refractivity contribution in [3.63, 3.8) is 0 Å². The smallest absolute Gasteiger partial charge is 0.267 e. The fraction of sp³-hybridized carbons (Fsp3) is 0.0870. The van der Waals surface area contributed by atoms with E-state index in [1.54, 1.807) is 42.0 Å². The number of fused-ring (bicyclic) bond motifs is 1. The first-order chi connectivity index (χ1) is 16.1. The van der Waals surface area contributed by atoms with Gasteiger partial charge in [-0.05, 0) is 49.4 Å². The lowest BCUT2D eigenvalue weighted by Gasteiger charge is -2.08. The number of amides is 1. The zero-order chi connectivity index (χ0) is 22.8. The fourth-order valence-electron chi connectivity index (χ4n) is 3.34. The minimum atomic E-state index is -0.340. The number of carbonyl (C=O) groups excluding carboxylic acids is 1. The van der Waals surface area contributed by atoms with Gasteiger partial charge in [-0.3, -0.25) is 14.6 Å². The minimum Gasteiger partial charge on any atom is -0.324 e. The first kappa shape index (κ1) is 20.2. The van der Waals surface area contributed by atoms with Gasteiger partial charge in [0.2, 0.25) is 5.91 Å². The Hall–Kier alpha value is -4.73. The molecule has 4 heterocycles. The minimum absolute atomic E-state index is 0.161. The van der Waals surface area contributed by atoms with Crippen LogP contribution in [-0.2, 0) is 11.3 Å². The third kappa shape index (κ3) is 4.22. The van der Waals surface area contributed by atoms with Crippen molar-refractivity contribution in [1.29, 1.82) is 0 Å². The molecular formula is C23H18N8O2. The molecular weight excluding hydrogens is 420 g/mol. The van der Waals surface area contributed by atoms with Crippen LogP contribution in [0.25, 0.3) is 28.3 Å². The second kappa shape index (κ2) is 8.42. The quantitative estimate of drug-likeness (QED) is 0.447. The van der Waals surface area contributed by atoms with Crippen LogP contribution in [0.2, 0.25) is 0 Å². The Morgan fingerprint density at radius 2 is 1.79 bits per heavy atom. The molecule has 0 radical (unpaired) electrons. The molecule has 10 nitrogen and oxygen atoms in total. The van der Waals surface area contributed by atoms with E-state index in [4.69, 9.17) is 0 Å². The van der Waals surface area contributed by atoms with Crippen molar-refractivity contribution in [2.24, 2.45) is 0 Å². The maximum atomic E-state index is 12.3. The Bertz CT molecular complexity index is 1510. The number of anilines is 1. The number of hydrogen-bond acceptors (Lipinski definition) is 7. The summed E-state index contributed by atoms with van der Waals surface area (Å²) in [5.41, 5.74) is 3.96. The summed E-state index contributed by atoms with van der Waals surface area (Å²) in [5, 5.41) is 19.9. The van der Waals surface area contributed by atoms with Gasteiger partial charge >= 0.3 is 0 Å². The highest BCUT2D eigenvalue weighted by molar-refractivity contribution is 5.90. The average Bonchev–Trinajstić information content (AvgIpc) is 3.26. The predicted octanol–water partition coefficient (Wildman–Crippen LogP) is 2.36. The van der Waals surface area contributed by atoms with Crippen molar-refractivity contribution < 1.29 is 4.79 Å². The van der Waals surface area contributed by atoms with Gasteiger partial charge in [-0.1, -0.05) is 12.1 Å². The maximum Gasteiger partial charge on any atom is 0.267 e. The normalized spacial score (nSPS) is 10.9. The molecule has 1 aromatic carbocycles. The van der Waals surface area contributed by atoms with Crippen LogP contribution < -0.4 is 10.9 Å². The molecule has 162 valence electrons. The maximum absolute atomic E-state index is 12.3. The summed E-state index contributed by atoms with van der Waals surface area (Å²) in [6.07, 6.45) is 3.41. The summed E-state index contributed by atoms with van der Waals surface area (Å²) in [6, 6.07) is 17.7. The number of hydrogen-bond donors (Lipinski definition) is 1. The van der Waals surface area contributed by atoms with Crippen LogP contribution >= 0.6 is 0 Å². The molecule has 33 heavy (non-hydrogen) atoms. The van der Waals surface area contributed by atoms with Crippen LogP contribution in [0.1, 0.15) is 5.69 Å². The van der Waals surface area contributed by atoms with Gasteiger partial charge < -0.3 is 5.32 Å². The van der Waals surface area contributed by atoms with Gasteiger partial charge in [-0.25, -0.2) is 4.68 Å². The number of aryl methyl sites for hydroxylation is 1. The van der Waals surface area contributed by atoms with Crippen molar-refractivity contribution in [3.8, 4) is 22.6 Å². The Balaban J connectivity index is 1.35. The third-order valence-corrected chi connectivity index (χ3v) is 4.94. The first-order valence-corrected chi connectivity index (χ1v) is 10.1. The standard InChI is InChI=1S/C23H18N8O2/c1-15-4-11-22(33)30(28-15)14-21(32)25-18-7-5-16(6-8-18)19-9-10-20-26-27-23(31(20)29-19)17-3-2-12-24-13-17/h2-13H,14H2,1H3,(H,25,32). The van der Waals surface area contributed by atoms with Crippen LogP contribution in [0.4, 0.5) is 5.69 Å². The van der Waals surface area contributed by atoms with E-state index in [0.29, 0.717) is 22.9 Å². The summed E-state index contributed by atoms with van der Waals surface area (Å²) in [4.78, 5) is 28.3. The van der Waals surface area contributed by atoms with E-state index in [1.807, 2.05) is 36.4 Å². The Morgan fingerprint density at radius 1 is 0.939 bits per heavy atom. The van der Waals surface area contributed by atoms with Crippen molar-refractivity contribution in [3.05, 3.63) is 89.1 Å². The summed E-state index contributed by atoms with van der Waals surface area (Å²) in [6.45, 7) is 1.60.